The molecule has 9 heteroatoms. The number of aliphatic hydroxyl groups is 1. The number of sulfonamides is 1. The van der Waals surface area contributed by atoms with E-state index in [0.717, 1.165) is 36.1 Å². The summed E-state index contributed by atoms with van der Waals surface area (Å²) in [4.78, 5) is 0.195. The minimum absolute atomic E-state index is 0.0677. The number of hydrogen-bond acceptors (Lipinski definition) is 6. The first-order valence-corrected chi connectivity index (χ1v) is 13.3. The molecule has 182 valence electrons. The highest BCUT2D eigenvalue weighted by atomic mass is 32.2. The molecule has 1 aliphatic rings. The van der Waals surface area contributed by atoms with Crippen LogP contribution in [0.15, 0.2) is 65.7 Å². The molecular weight excluding hydrogens is 452 g/mol. The normalized spacial score (nSPS) is 20.9. The Morgan fingerprint density at radius 2 is 1.82 bits per heavy atom. The lowest BCUT2D eigenvalue weighted by Gasteiger charge is -2.36. The third-order valence-electron chi connectivity index (χ3n) is 6.15. The maximum Gasteiger partial charge on any atom is 0.240 e. The van der Waals surface area contributed by atoms with E-state index >= 15 is 0 Å². The van der Waals surface area contributed by atoms with Crippen LogP contribution in [0.5, 0.6) is 0 Å². The summed E-state index contributed by atoms with van der Waals surface area (Å²) in [7, 11) is -3.74. The predicted molar refractivity (Wildman–Crippen MR) is 130 cm³/mol. The first-order valence-electron chi connectivity index (χ1n) is 11.8. The Labute approximate surface area is 201 Å². The highest BCUT2D eigenvalue weighted by molar-refractivity contribution is 7.89. The van der Waals surface area contributed by atoms with Gasteiger partial charge in [0.1, 0.15) is 0 Å². The second-order valence-electron chi connectivity index (χ2n) is 8.69. The highest BCUT2D eigenvalue weighted by Gasteiger charge is 2.34. The number of benzene rings is 2. The summed E-state index contributed by atoms with van der Waals surface area (Å²) in [6.45, 7) is 2.53. The zero-order valence-electron chi connectivity index (χ0n) is 19.4. The Balaban J connectivity index is 1.34. The van der Waals surface area contributed by atoms with E-state index in [2.05, 4.69) is 22.0 Å². The molecule has 0 amide bonds. The van der Waals surface area contributed by atoms with Crippen LogP contribution in [-0.2, 0) is 27.7 Å². The average Bonchev–Trinajstić information content (AvgIpc) is 3.31. The highest BCUT2D eigenvalue weighted by Crippen LogP contribution is 2.25. The molecule has 0 saturated carbocycles. The molecule has 0 bridgehead atoms. The third kappa shape index (κ3) is 6.09. The molecule has 1 fully saturated rings. The van der Waals surface area contributed by atoms with Gasteiger partial charge in [0, 0.05) is 12.7 Å². The van der Waals surface area contributed by atoms with Gasteiger partial charge in [0.25, 0.3) is 0 Å². The Morgan fingerprint density at radius 1 is 1.09 bits per heavy atom. The van der Waals surface area contributed by atoms with Crippen molar-refractivity contribution < 1.29 is 18.3 Å². The van der Waals surface area contributed by atoms with Gasteiger partial charge in [0.05, 0.1) is 35.4 Å². The molecule has 3 atom stereocenters. The van der Waals surface area contributed by atoms with Gasteiger partial charge in [-0.2, -0.15) is 0 Å². The number of nitrogens with one attached hydrogen (secondary N) is 1. The van der Waals surface area contributed by atoms with Crippen LogP contribution in [0.25, 0.3) is 11.1 Å². The molecule has 4 rings (SSSR count). The van der Waals surface area contributed by atoms with E-state index in [4.69, 9.17) is 4.74 Å². The quantitative estimate of drug-likeness (QED) is 0.458. The fourth-order valence-corrected chi connectivity index (χ4v) is 5.60. The fourth-order valence-electron chi connectivity index (χ4n) is 4.30. The lowest BCUT2D eigenvalue weighted by Crippen LogP contribution is -2.50. The molecular formula is C25H32N4O4S. The molecule has 1 saturated heterocycles. The van der Waals surface area contributed by atoms with Gasteiger partial charge < -0.3 is 9.84 Å². The number of aromatic nitrogens is 3. The van der Waals surface area contributed by atoms with E-state index in [1.165, 1.54) is 0 Å². The molecule has 34 heavy (non-hydrogen) atoms. The monoisotopic (exact) mass is 484 g/mol. The van der Waals surface area contributed by atoms with Crippen molar-refractivity contribution in [2.75, 3.05) is 6.61 Å². The molecule has 2 aromatic carbocycles. The van der Waals surface area contributed by atoms with Crippen molar-refractivity contribution in [2.45, 2.75) is 68.7 Å². The number of nitrogens with zero attached hydrogens (tertiary/aromatic N) is 3. The summed E-state index contributed by atoms with van der Waals surface area (Å²) in [5.74, 6) is 0. The standard InChI is InChI=1S/C25H32N4O4S/c1-2-6-21-17-29(28-26-21)16-15-22-11-14-24(25(18-30)33-22)27-34(31,32)23-12-9-20(10-13-23)19-7-4-3-5-8-19/h3-5,7-10,12-13,17,22,24-25,27,30H,2,6,11,14-16,18H2,1H3/t22-,24-,25+/m1/s1. The fraction of sp³-hybridized carbons (Fsp3) is 0.440. The second kappa shape index (κ2) is 11.2. The van der Waals surface area contributed by atoms with E-state index in [1.54, 1.807) is 24.3 Å². The van der Waals surface area contributed by atoms with Crippen LogP contribution < -0.4 is 4.72 Å². The van der Waals surface area contributed by atoms with E-state index in [0.29, 0.717) is 19.4 Å². The number of hydrogen-bond donors (Lipinski definition) is 2. The average molecular weight is 485 g/mol. The van der Waals surface area contributed by atoms with E-state index in [9.17, 15) is 13.5 Å². The number of aliphatic hydroxyl groups excluding tert-OH is 1. The maximum atomic E-state index is 13.0. The van der Waals surface area contributed by atoms with Crippen LogP contribution in [0, 0.1) is 0 Å². The summed E-state index contributed by atoms with van der Waals surface area (Å²) in [6.07, 6.45) is 5.25. The van der Waals surface area contributed by atoms with Crippen molar-refractivity contribution in [3.8, 4) is 11.1 Å². The van der Waals surface area contributed by atoms with Crippen LogP contribution in [0.3, 0.4) is 0 Å². The van der Waals surface area contributed by atoms with Gasteiger partial charge in [-0.25, -0.2) is 13.1 Å². The Bertz CT molecular complexity index is 1150. The number of ether oxygens (including phenoxy) is 1. The Hall–Kier alpha value is -2.59. The van der Waals surface area contributed by atoms with Crippen molar-refractivity contribution >= 4 is 10.0 Å². The first kappa shape index (κ1) is 24.5. The topological polar surface area (TPSA) is 106 Å². The van der Waals surface area contributed by atoms with Crippen molar-refractivity contribution in [2.24, 2.45) is 0 Å². The van der Waals surface area contributed by atoms with E-state index < -0.39 is 22.2 Å². The van der Waals surface area contributed by atoms with Crippen molar-refractivity contribution in [1.29, 1.82) is 0 Å². The van der Waals surface area contributed by atoms with Crippen LogP contribution in [-0.4, -0.2) is 53.4 Å². The van der Waals surface area contributed by atoms with Gasteiger partial charge in [-0.05, 0) is 48.9 Å². The van der Waals surface area contributed by atoms with Gasteiger partial charge in [-0.1, -0.05) is 61.0 Å². The van der Waals surface area contributed by atoms with Crippen LogP contribution in [0.2, 0.25) is 0 Å². The Morgan fingerprint density at radius 3 is 2.53 bits per heavy atom. The summed E-state index contributed by atoms with van der Waals surface area (Å²) >= 11 is 0. The second-order valence-corrected chi connectivity index (χ2v) is 10.4. The SMILES string of the molecule is CCCc1cn(CC[C@H]2CC[C@@H](NS(=O)(=O)c3ccc(-c4ccccc4)cc3)[C@H](CO)O2)nn1. The van der Waals surface area contributed by atoms with Crippen molar-refractivity contribution in [1.82, 2.24) is 19.7 Å². The van der Waals surface area contributed by atoms with Gasteiger partial charge in [0.2, 0.25) is 10.0 Å². The molecule has 0 unspecified atom stereocenters. The molecule has 0 radical (unpaired) electrons. The zero-order chi connectivity index (χ0) is 24.0. The van der Waals surface area contributed by atoms with Crippen LogP contribution in [0.1, 0.15) is 38.3 Å². The van der Waals surface area contributed by atoms with Gasteiger partial charge >= 0.3 is 0 Å². The zero-order valence-corrected chi connectivity index (χ0v) is 20.2. The molecule has 8 nitrogen and oxygen atoms in total. The molecule has 3 aromatic rings. The van der Waals surface area contributed by atoms with Gasteiger partial charge in [-0.3, -0.25) is 4.68 Å². The van der Waals surface area contributed by atoms with Crippen molar-refractivity contribution in [3.05, 3.63) is 66.5 Å². The third-order valence-corrected chi connectivity index (χ3v) is 7.65. The summed E-state index contributed by atoms with van der Waals surface area (Å²) < 4.78 is 36.6. The van der Waals surface area contributed by atoms with Gasteiger partial charge in [-0.15, -0.1) is 5.10 Å². The summed E-state index contributed by atoms with van der Waals surface area (Å²) in [5, 5.41) is 18.2. The minimum Gasteiger partial charge on any atom is -0.394 e. The smallest absolute Gasteiger partial charge is 0.240 e. The van der Waals surface area contributed by atoms with E-state index in [1.807, 2.05) is 41.2 Å². The largest absolute Gasteiger partial charge is 0.394 e. The summed E-state index contributed by atoms with van der Waals surface area (Å²) in [6, 6.07) is 16.1. The Kier molecular flexibility index (Phi) is 8.10. The molecule has 1 aliphatic heterocycles. The number of aryl methyl sites for hydroxylation is 2. The molecule has 2 heterocycles. The molecule has 0 spiro atoms. The molecule has 1 aromatic heterocycles. The molecule has 2 N–H and O–H groups in total. The lowest BCUT2D eigenvalue weighted by molar-refractivity contribution is -0.0891. The van der Waals surface area contributed by atoms with E-state index in [-0.39, 0.29) is 17.6 Å². The predicted octanol–water partition coefficient (Wildman–Crippen LogP) is 3.17. The van der Waals surface area contributed by atoms with Crippen molar-refractivity contribution in [3.63, 3.8) is 0 Å². The van der Waals surface area contributed by atoms with Crippen LogP contribution >= 0.6 is 0 Å². The number of rotatable bonds is 10. The first-order chi connectivity index (χ1) is 16.5. The maximum absolute atomic E-state index is 13.0. The minimum atomic E-state index is -3.74. The molecule has 0 aliphatic carbocycles. The van der Waals surface area contributed by atoms with Crippen LogP contribution in [0.4, 0.5) is 0 Å². The summed E-state index contributed by atoms with van der Waals surface area (Å²) in [5.41, 5.74) is 2.95. The van der Waals surface area contributed by atoms with Gasteiger partial charge in [0.15, 0.2) is 0 Å². The lowest BCUT2D eigenvalue weighted by atomic mass is 9.98.